The van der Waals surface area contributed by atoms with E-state index in [1.165, 1.54) is 6.07 Å². The molecule has 0 radical (unpaired) electrons. The molecule has 0 amide bonds. The Hall–Kier alpha value is -1.25. The summed E-state index contributed by atoms with van der Waals surface area (Å²) in [6, 6.07) is 3.61. The lowest BCUT2D eigenvalue weighted by Crippen LogP contribution is -2.21. The van der Waals surface area contributed by atoms with Crippen LogP contribution in [-0.2, 0) is 11.2 Å². The fourth-order valence-electron chi connectivity index (χ4n) is 1.60. The zero-order chi connectivity index (χ0) is 13.9. The largest absolute Gasteiger partial charge is 0.299 e. The Morgan fingerprint density at radius 3 is 2.33 bits per heavy atom. The average Bonchev–Trinajstić information content (AvgIpc) is 2.22. The SMILES string of the molecule is CC(CC(=O)Cc1ccc(F)c(F)c1)C(C)(C)C. The summed E-state index contributed by atoms with van der Waals surface area (Å²) < 4.78 is 25.7. The average molecular weight is 254 g/mol. The number of hydrogen-bond acceptors (Lipinski definition) is 1. The molecule has 0 bridgehead atoms. The van der Waals surface area contributed by atoms with Gasteiger partial charge in [-0.2, -0.15) is 0 Å². The molecule has 0 aliphatic heterocycles. The van der Waals surface area contributed by atoms with Gasteiger partial charge in [-0.05, 0) is 29.0 Å². The molecule has 0 fully saturated rings. The summed E-state index contributed by atoms with van der Waals surface area (Å²) in [5.74, 6) is -1.46. The van der Waals surface area contributed by atoms with E-state index >= 15 is 0 Å². The molecule has 0 saturated heterocycles. The van der Waals surface area contributed by atoms with E-state index in [1.54, 1.807) is 0 Å². The zero-order valence-corrected chi connectivity index (χ0v) is 11.4. The maximum atomic E-state index is 13.0. The maximum absolute atomic E-state index is 13.0. The number of rotatable bonds is 4. The predicted molar refractivity (Wildman–Crippen MR) is 68.3 cm³/mol. The molecular weight excluding hydrogens is 234 g/mol. The molecule has 3 heteroatoms. The highest BCUT2D eigenvalue weighted by molar-refractivity contribution is 5.81. The van der Waals surface area contributed by atoms with Crippen molar-refractivity contribution in [3.8, 4) is 0 Å². The summed E-state index contributed by atoms with van der Waals surface area (Å²) in [7, 11) is 0. The standard InChI is InChI=1S/C15H20F2O/c1-10(15(2,3)4)7-12(18)8-11-5-6-13(16)14(17)9-11/h5-6,9-10H,7-8H2,1-4H3. The summed E-state index contributed by atoms with van der Waals surface area (Å²) in [5.41, 5.74) is 0.601. The molecule has 1 rings (SSSR count). The third-order valence-corrected chi connectivity index (χ3v) is 3.40. The molecule has 100 valence electrons. The number of carbonyl (C=O) groups excluding carboxylic acids is 1. The zero-order valence-electron chi connectivity index (χ0n) is 11.4. The number of hydrogen-bond donors (Lipinski definition) is 0. The summed E-state index contributed by atoms with van der Waals surface area (Å²) in [6.45, 7) is 8.29. The number of carbonyl (C=O) groups is 1. The van der Waals surface area contributed by atoms with Gasteiger partial charge in [-0.15, -0.1) is 0 Å². The fourth-order valence-corrected chi connectivity index (χ4v) is 1.60. The highest BCUT2D eigenvalue weighted by Crippen LogP contribution is 2.28. The molecule has 0 spiro atoms. The second-order valence-corrected chi connectivity index (χ2v) is 5.94. The second kappa shape index (κ2) is 5.59. The van der Waals surface area contributed by atoms with E-state index in [1.807, 2.05) is 6.92 Å². The molecule has 0 saturated carbocycles. The molecule has 0 aliphatic rings. The number of ketones is 1. The van der Waals surface area contributed by atoms with Gasteiger partial charge >= 0.3 is 0 Å². The van der Waals surface area contributed by atoms with Crippen molar-refractivity contribution in [1.29, 1.82) is 0 Å². The smallest absolute Gasteiger partial charge is 0.159 e. The van der Waals surface area contributed by atoms with Gasteiger partial charge in [0, 0.05) is 12.8 Å². The van der Waals surface area contributed by atoms with Crippen LogP contribution in [0.15, 0.2) is 18.2 Å². The number of halogens is 2. The van der Waals surface area contributed by atoms with E-state index < -0.39 is 11.6 Å². The van der Waals surface area contributed by atoms with Crippen LogP contribution in [0.25, 0.3) is 0 Å². The summed E-state index contributed by atoms with van der Waals surface area (Å²) >= 11 is 0. The minimum atomic E-state index is -0.899. The summed E-state index contributed by atoms with van der Waals surface area (Å²) in [4.78, 5) is 11.8. The molecule has 1 aromatic carbocycles. The number of benzene rings is 1. The Bertz CT molecular complexity index is 433. The van der Waals surface area contributed by atoms with Crippen molar-refractivity contribution in [2.24, 2.45) is 11.3 Å². The van der Waals surface area contributed by atoms with Crippen LogP contribution in [0.5, 0.6) is 0 Å². The van der Waals surface area contributed by atoms with Crippen molar-refractivity contribution in [3.63, 3.8) is 0 Å². The van der Waals surface area contributed by atoms with Crippen LogP contribution in [0.4, 0.5) is 8.78 Å². The van der Waals surface area contributed by atoms with Crippen LogP contribution < -0.4 is 0 Å². The Kier molecular flexibility index (Phi) is 4.60. The normalized spacial score (nSPS) is 13.4. The first kappa shape index (κ1) is 14.8. The quantitative estimate of drug-likeness (QED) is 0.789. The van der Waals surface area contributed by atoms with E-state index in [4.69, 9.17) is 0 Å². The van der Waals surface area contributed by atoms with E-state index in [0.29, 0.717) is 12.0 Å². The van der Waals surface area contributed by atoms with Gasteiger partial charge in [0.1, 0.15) is 5.78 Å². The van der Waals surface area contributed by atoms with Crippen LogP contribution in [-0.4, -0.2) is 5.78 Å². The Morgan fingerprint density at radius 2 is 1.83 bits per heavy atom. The Morgan fingerprint density at radius 1 is 1.22 bits per heavy atom. The number of Topliss-reactive ketones (excluding diaryl/α,β-unsaturated/α-hetero) is 1. The lowest BCUT2D eigenvalue weighted by atomic mass is 9.79. The van der Waals surface area contributed by atoms with Gasteiger partial charge in [0.2, 0.25) is 0 Å². The van der Waals surface area contributed by atoms with Crippen molar-refractivity contribution >= 4 is 5.78 Å². The van der Waals surface area contributed by atoms with Gasteiger partial charge in [0.05, 0.1) is 0 Å². The third-order valence-electron chi connectivity index (χ3n) is 3.40. The molecule has 0 aliphatic carbocycles. The molecule has 1 aromatic rings. The fraction of sp³-hybridized carbons (Fsp3) is 0.533. The van der Waals surface area contributed by atoms with E-state index in [-0.39, 0.29) is 23.5 Å². The van der Waals surface area contributed by atoms with Crippen molar-refractivity contribution < 1.29 is 13.6 Å². The minimum absolute atomic E-state index is 0.0587. The third kappa shape index (κ3) is 4.21. The van der Waals surface area contributed by atoms with Crippen LogP contribution in [0.1, 0.15) is 39.7 Å². The van der Waals surface area contributed by atoms with Crippen LogP contribution >= 0.6 is 0 Å². The van der Waals surface area contributed by atoms with Crippen LogP contribution in [0.3, 0.4) is 0 Å². The molecule has 0 heterocycles. The topological polar surface area (TPSA) is 17.1 Å². The molecule has 1 atom stereocenters. The maximum Gasteiger partial charge on any atom is 0.159 e. The Labute approximate surface area is 107 Å². The molecular formula is C15H20F2O. The van der Waals surface area contributed by atoms with E-state index in [2.05, 4.69) is 20.8 Å². The van der Waals surface area contributed by atoms with Gasteiger partial charge in [-0.1, -0.05) is 33.8 Å². The van der Waals surface area contributed by atoms with Gasteiger partial charge in [0.15, 0.2) is 11.6 Å². The van der Waals surface area contributed by atoms with E-state index in [9.17, 15) is 13.6 Å². The minimum Gasteiger partial charge on any atom is -0.299 e. The second-order valence-electron chi connectivity index (χ2n) is 5.94. The van der Waals surface area contributed by atoms with E-state index in [0.717, 1.165) is 12.1 Å². The first-order chi connectivity index (χ1) is 8.20. The lowest BCUT2D eigenvalue weighted by molar-refractivity contribution is -0.120. The first-order valence-electron chi connectivity index (χ1n) is 6.16. The summed E-state index contributed by atoms with van der Waals surface area (Å²) in [5, 5.41) is 0. The molecule has 1 unspecified atom stereocenters. The van der Waals surface area contributed by atoms with Gasteiger partial charge in [-0.3, -0.25) is 4.79 Å². The van der Waals surface area contributed by atoms with Crippen LogP contribution in [0, 0.1) is 23.0 Å². The molecule has 1 nitrogen and oxygen atoms in total. The molecule has 0 aromatic heterocycles. The molecule has 18 heavy (non-hydrogen) atoms. The van der Waals surface area contributed by atoms with Crippen molar-refractivity contribution in [2.45, 2.75) is 40.5 Å². The lowest BCUT2D eigenvalue weighted by Gasteiger charge is -2.26. The monoisotopic (exact) mass is 254 g/mol. The van der Waals surface area contributed by atoms with Gasteiger partial charge < -0.3 is 0 Å². The Balaban J connectivity index is 2.62. The highest BCUT2D eigenvalue weighted by Gasteiger charge is 2.22. The van der Waals surface area contributed by atoms with Gasteiger partial charge in [0.25, 0.3) is 0 Å². The van der Waals surface area contributed by atoms with Crippen LogP contribution in [0.2, 0.25) is 0 Å². The first-order valence-corrected chi connectivity index (χ1v) is 6.16. The predicted octanol–water partition coefficient (Wildman–Crippen LogP) is 4.15. The van der Waals surface area contributed by atoms with Crippen molar-refractivity contribution in [3.05, 3.63) is 35.4 Å². The van der Waals surface area contributed by atoms with Crippen molar-refractivity contribution in [2.75, 3.05) is 0 Å². The summed E-state index contributed by atoms with van der Waals surface area (Å²) in [6.07, 6.45) is 0.625. The molecule has 0 N–H and O–H groups in total. The van der Waals surface area contributed by atoms with Crippen molar-refractivity contribution in [1.82, 2.24) is 0 Å². The van der Waals surface area contributed by atoms with Gasteiger partial charge in [-0.25, -0.2) is 8.78 Å². The highest BCUT2D eigenvalue weighted by atomic mass is 19.2.